The Bertz CT molecular complexity index is 931. The molecule has 0 radical (unpaired) electrons. The molecule has 1 unspecified atom stereocenters. The fourth-order valence-corrected chi connectivity index (χ4v) is 3.43. The van der Waals surface area contributed by atoms with Crippen LogP contribution < -0.4 is 4.90 Å². The number of nitrogens with zero attached hydrogens (tertiary/aromatic N) is 4. The lowest BCUT2D eigenvalue weighted by Crippen LogP contribution is -2.48. The van der Waals surface area contributed by atoms with Crippen molar-refractivity contribution < 1.29 is 8.78 Å². The fourth-order valence-electron chi connectivity index (χ4n) is 3.43. The third-order valence-electron chi connectivity index (χ3n) is 5.05. The molecule has 0 aliphatic carbocycles. The Labute approximate surface area is 151 Å². The molecule has 3 aromatic rings. The fraction of sp³-hybridized carbons (Fsp3) is 0.400. The van der Waals surface area contributed by atoms with Crippen molar-refractivity contribution in [1.29, 1.82) is 0 Å². The number of hydrogen-bond donors (Lipinski definition) is 0. The average molecular weight is 356 g/mol. The zero-order valence-corrected chi connectivity index (χ0v) is 15.0. The van der Waals surface area contributed by atoms with Gasteiger partial charge < -0.3 is 4.90 Å². The third-order valence-corrected chi connectivity index (χ3v) is 5.05. The Balaban J connectivity index is 1.69. The van der Waals surface area contributed by atoms with E-state index >= 15 is 0 Å². The van der Waals surface area contributed by atoms with E-state index in [2.05, 4.69) is 30.0 Å². The van der Waals surface area contributed by atoms with Gasteiger partial charge in [-0.2, -0.15) is 0 Å². The van der Waals surface area contributed by atoms with E-state index in [1.54, 1.807) is 18.3 Å². The normalized spacial score (nSPS) is 16.1. The van der Waals surface area contributed by atoms with Crippen LogP contribution in [-0.2, 0) is 0 Å². The second-order valence-corrected chi connectivity index (χ2v) is 7.08. The van der Waals surface area contributed by atoms with Crippen molar-refractivity contribution in [2.75, 3.05) is 18.0 Å². The van der Waals surface area contributed by atoms with Crippen LogP contribution in [0.25, 0.3) is 16.7 Å². The summed E-state index contributed by atoms with van der Waals surface area (Å²) in [5.41, 5.74) is 2.92. The topological polar surface area (TPSA) is 34.0 Å². The molecule has 4 rings (SSSR count). The number of anilines is 1. The summed E-state index contributed by atoms with van der Waals surface area (Å²) in [6.07, 6.45) is 5.08. The zero-order chi connectivity index (χ0) is 18.3. The minimum absolute atomic E-state index is 0.353. The summed E-state index contributed by atoms with van der Waals surface area (Å²) in [6.45, 7) is 5.06. The predicted octanol–water partition coefficient (Wildman–Crippen LogP) is 4.62. The summed E-state index contributed by atoms with van der Waals surface area (Å²) < 4.78 is 29.0. The van der Waals surface area contributed by atoms with Crippen molar-refractivity contribution in [2.45, 2.75) is 38.8 Å². The maximum Gasteiger partial charge on any atom is 0.181 e. The van der Waals surface area contributed by atoms with Gasteiger partial charge in [-0.3, -0.25) is 0 Å². The molecule has 0 bridgehead atoms. The Hall–Kier alpha value is -2.50. The first kappa shape index (κ1) is 16.9. The number of benzene rings is 1. The van der Waals surface area contributed by atoms with Gasteiger partial charge in [0.1, 0.15) is 17.7 Å². The molecule has 0 N–H and O–H groups in total. The summed E-state index contributed by atoms with van der Waals surface area (Å²) in [6, 6.07) is 6.88. The minimum atomic E-state index is -0.802. The van der Waals surface area contributed by atoms with Crippen LogP contribution in [0.4, 0.5) is 14.5 Å². The van der Waals surface area contributed by atoms with Gasteiger partial charge in [0.2, 0.25) is 0 Å². The molecule has 2 aromatic heterocycles. The molecule has 136 valence electrons. The lowest BCUT2D eigenvalue weighted by molar-refractivity contribution is 0.275. The van der Waals surface area contributed by atoms with E-state index in [-0.39, 0.29) is 5.82 Å². The quantitative estimate of drug-likeness (QED) is 0.669. The number of alkyl halides is 1. The van der Waals surface area contributed by atoms with Gasteiger partial charge in [0.05, 0.1) is 13.1 Å². The highest BCUT2D eigenvalue weighted by Gasteiger charge is 2.27. The van der Waals surface area contributed by atoms with Gasteiger partial charge in [0.25, 0.3) is 0 Å². The number of halogens is 2. The smallest absolute Gasteiger partial charge is 0.181 e. The van der Waals surface area contributed by atoms with Crippen LogP contribution in [0, 0.1) is 5.82 Å². The predicted molar refractivity (Wildman–Crippen MR) is 99.3 cm³/mol. The Morgan fingerprint density at radius 2 is 2.08 bits per heavy atom. The lowest BCUT2D eigenvalue weighted by Gasteiger charge is -2.36. The van der Waals surface area contributed by atoms with Crippen molar-refractivity contribution in [3.05, 3.63) is 48.0 Å². The summed E-state index contributed by atoms with van der Waals surface area (Å²) in [5.74, 6) is 0.0684. The molecule has 1 aliphatic rings. The molecule has 3 heterocycles. The van der Waals surface area contributed by atoms with Crippen LogP contribution >= 0.6 is 0 Å². The summed E-state index contributed by atoms with van der Waals surface area (Å²) in [7, 11) is 0. The molecular weight excluding hydrogens is 334 g/mol. The molecular formula is C20H22F2N4. The number of rotatable bonds is 5. The summed E-state index contributed by atoms with van der Waals surface area (Å²) in [5, 5.41) is 5.31. The van der Waals surface area contributed by atoms with Crippen LogP contribution in [0.5, 0.6) is 0 Å². The Morgan fingerprint density at radius 3 is 2.81 bits per heavy atom. The summed E-state index contributed by atoms with van der Waals surface area (Å²) >= 11 is 0. The second kappa shape index (κ2) is 6.67. The number of fused-ring (bicyclic) bond motifs is 1. The summed E-state index contributed by atoms with van der Waals surface area (Å²) in [4.78, 5) is 6.33. The molecule has 0 saturated carbocycles. The van der Waals surface area contributed by atoms with E-state index in [0.29, 0.717) is 30.3 Å². The number of aromatic nitrogens is 3. The first-order chi connectivity index (χ1) is 12.5. The van der Waals surface area contributed by atoms with Gasteiger partial charge in [-0.25, -0.2) is 18.4 Å². The van der Waals surface area contributed by atoms with Gasteiger partial charge in [-0.1, -0.05) is 20.3 Å². The van der Waals surface area contributed by atoms with E-state index in [1.807, 2.05) is 11.1 Å². The highest BCUT2D eigenvalue weighted by atomic mass is 19.1. The molecule has 26 heavy (non-hydrogen) atoms. The van der Waals surface area contributed by atoms with Gasteiger partial charge in [-0.05, 0) is 42.2 Å². The molecule has 1 atom stereocenters. The van der Waals surface area contributed by atoms with Crippen molar-refractivity contribution in [3.63, 3.8) is 0 Å². The van der Waals surface area contributed by atoms with Crippen molar-refractivity contribution in [3.8, 4) is 5.69 Å². The van der Waals surface area contributed by atoms with E-state index in [9.17, 15) is 8.78 Å². The van der Waals surface area contributed by atoms with Gasteiger partial charge in [0.15, 0.2) is 5.65 Å². The SMILES string of the molecule is CCCC(C)c1cnc2nn(-c3cc(N4CC(F)C4)ccc3F)cc2c1. The monoisotopic (exact) mass is 356 g/mol. The van der Waals surface area contributed by atoms with Crippen molar-refractivity contribution in [1.82, 2.24) is 14.8 Å². The van der Waals surface area contributed by atoms with E-state index < -0.39 is 6.17 Å². The van der Waals surface area contributed by atoms with E-state index in [1.165, 1.54) is 16.3 Å². The maximum absolute atomic E-state index is 14.4. The molecule has 0 spiro atoms. The first-order valence-corrected chi connectivity index (χ1v) is 9.09. The van der Waals surface area contributed by atoms with Crippen LogP contribution in [0.15, 0.2) is 36.7 Å². The molecule has 1 aromatic carbocycles. The third kappa shape index (κ3) is 3.04. The zero-order valence-electron chi connectivity index (χ0n) is 15.0. The molecule has 4 nitrogen and oxygen atoms in total. The van der Waals surface area contributed by atoms with Gasteiger partial charge in [0, 0.05) is 23.5 Å². The second-order valence-electron chi connectivity index (χ2n) is 7.08. The van der Waals surface area contributed by atoms with Gasteiger partial charge in [-0.15, -0.1) is 5.10 Å². The molecule has 1 fully saturated rings. The van der Waals surface area contributed by atoms with Crippen LogP contribution in [-0.4, -0.2) is 34.0 Å². The van der Waals surface area contributed by atoms with Crippen molar-refractivity contribution >= 4 is 16.7 Å². The van der Waals surface area contributed by atoms with Crippen LogP contribution in [0.3, 0.4) is 0 Å². The van der Waals surface area contributed by atoms with Gasteiger partial charge >= 0.3 is 0 Å². The largest absolute Gasteiger partial charge is 0.365 e. The first-order valence-electron chi connectivity index (χ1n) is 9.09. The lowest BCUT2D eigenvalue weighted by atomic mass is 9.98. The van der Waals surface area contributed by atoms with Crippen molar-refractivity contribution in [2.24, 2.45) is 0 Å². The standard InChI is InChI=1S/C20H22F2N4/c1-3-4-13(2)14-7-15-10-26(24-20(15)23-9-14)19-8-17(5-6-18(19)22)25-11-16(21)12-25/h5-10,13,16H,3-4,11-12H2,1-2H3. The number of pyridine rings is 1. The van der Waals surface area contributed by atoms with E-state index in [0.717, 1.165) is 23.9 Å². The average Bonchev–Trinajstić information content (AvgIpc) is 3.02. The molecule has 6 heteroatoms. The molecule has 1 saturated heterocycles. The Morgan fingerprint density at radius 1 is 1.27 bits per heavy atom. The molecule has 0 amide bonds. The van der Waals surface area contributed by atoms with Crippen LogP contribution in [0.2, 0.25) is 0 Å². The van der Waals surface area contributed by atoms with E-state index in [4.69, 9.17) is 0 Å². The van der Waals surface area contributed by atoms with Crippen LogP contribution in [0.1, 0.15) is 38.2 Å². The molecule has 1 aliphatic heterocycles. The minimum Gasteiger partial charge on any atom is -0.365 e. The Kier molecular flexibility index (Phi) is 4.34. The highest BCUT2D eigenvalue weighted by Crippen LogP contribution is 2.28. The highest BCUT2D eigenvalue weighted by molar-refractivity contribution is 5.75. The maximum atomic E-state index is 14.4. The number of hydrogen-bond acceptors (Lipinski definition) is 3.